The molecule has 0 aliphatic carbocycles. The molecule has 0 atom stereocenters. The summed E-state index contributed by atoms with van der Waals surface area (Å²) in [7, 11) is -3.55. The van der Waals surface area contributed by atoms with Crippen LogP contribution < -0.4 is 56.5 Å². The van der Waals surface area contributed by atoms with Crippen molar-refractivity contribution < 1.29 is 69.7 Å². The predicted octanol–water partition coefficient (Wildman–Crippen LogP) is -2.14. The maximum absolute atomic E-state index is 12.4. The third kappa shape index (κ3) is 5.21. The van der Waals surface area contributed by atoms with E-state index in [0.29, 0.717) is 13.1 Å². The van der Waals surface area contributed by atoms with E-state index < -0.39 is 16.0 Å². The number of carbonyl (C=O) groups excluding carboxylic acids is 1. The zero-order valence-electron chi connectivity index (χ0n) is 12.1. The number of carboxylic acid groups (broad SMARTS) is 1. The molecule has 5 nitrogen and oxygen atoms in total. The number of carboxylic acids is 1. The largest absolute Gasteiger partial charge is 1.00 e. The topological polar surface area (TPSA) is 77.5 Å². The summed E-state index contributed by atoms with van der Waals surface area (Å²) in [4.78, 5) is 10.7. The number of hydrogen-bond donors (Lipinski definition) is 0. The minimum absolute atomic E-state index is 0. The summed E-state index contributed by atoms with van der Waals surface area (Å²) >= 11 is 0. The molecule has 0 saturated carbocycles. The van der Waals surface area contributed by atoms with Gasteiger partial charge in [0.2, 0.25) is 10.0 Å². The van der Waals surface area contributed by atoms with E-state index in [0.717, 1.165) is 12.8 Å². The third-order valence-corrected chi connectivity index (χ3v) is 4.59. The van der Waals surface area contributed by atoms with Crippen molar-refractivity contribution in [3.05, 3.63) is 29.8 Å². The Kier molecular flexibility index (Phi) is 9.40. The maximum Gasteiger partial charge on any atom is 1.00 e. The second-order valence-electron chi connectivity index (χ2n) is 4.22. The number of aromatic carboxylic acids is 1. The molecule has 0 amide bonds. The molecule has 1 aromatic carbocycles. The van der Waals surface area contributed by atoms with Crippen molar-refractivity contribution in [3.8, 4) is 0 Å². The molecule has 0 fully saturated rings. The van der Waals surface area contributed by atoms with Crippen molar-refractivity contribution in [1.29, 1.82) is 0 Å². The van der Waals surface area contributed by atoms with Crippen LogP contribution in [0.1, 0.15) is 37.0 Å². The molecule has 0 bridgehead atoms. The van der Waals surface area contributed by atoms with Gasteiger partial charge in [0.25, 0.3) is 0 Å². The van der Waals surface area contributed by atoms with Gasteiger partial charge in [-0.2, -0.15) is 4.31 Å². The van der Waals surface area contributed by atoms with Gasteiger partial charge in [0.05, 0.1) is 10.9 Å². The van der Waals surface area contributed by atoms with Gasteiger partial charge in [-0.15, -0.1) is 0 Å². The van der Waals surface area contributed by atoms with Crippen LogP contribution in [0, 0.1) is 0 Å². The van der Waals surface area contributed by atoms with Crippen LogP contribution in [-0.2, 0) is 10.0 Å². The molecule has 0 saturated heterocycles. The first-order valence-corrected chi connectivity index (χ1v) is 7.69. The van der Waals surface area contributed by atoms with Gasteiger partial charge >= 0.3 is 51.4 Å². The van der Waals surface area contributed by atoms with E-state index in [1.807, 2.05) is 13.8 Å². The Balaban J connectivity index is 0.00000361. The summed E-state index contributed by atoms with van der Waals surface area (Å²) in [6.45, 7) is 4.74. The molecule has 20 heavy (non-hydrogen) atoms. The zero-order valence-corrected chi connectivity index (χ0v) is 16.1. The molecule has 0 radical (unpaired) electrons. The predicted molar refractivity (Wildman–Crippen MR) is 70.1 cm³/mol. The monoisotopic (exact) mass is 323 g/mol. The van der Waals surface area contributed by atoms with Crippen molar-refractivity contribution in [2.75, 3.05) is 13.1 Å². The first kappa shape index (κ1) is 20.2. The van der Waals surface area contributed by atoms with Crippen LogP contribution in [0.4, 0.5) is 0 Å². The van der Waals surface area contributed by atoms with Crippen LogP contribution >= 0.6 is 0 Å². The van der Waals surface area contributed by atoms with Gasteiger partial charge < -0.3 is 9.90 Å². The molecule has 0 heterocycles. The molecule has 0 unspecified atom stereocenters. The van der Waals surface area contributed by atoms with Gasteiger partial charge in [0.15, 0.2) is 0 Å². The van der Waals surface area contributed by atoms with Crippen molar-refractivity contribution >= 4 is 16.0 Å². The van der Waals surface area contributed by atoms with Crippen molar-refractivity contribution in [2.45, 2.75) is 31.6 Å². The first-order chi connectivity index (χ1) is 8.93. The molecular weight excluding hydrogens is 305 g/mol. The number of rotatable bonds is 7. The van der Waals surface area contributed by atoms with Crippen molar-refractivity contribution in [3.63, 3.8) is 0 Å². The molecule has 0 aromatic heterocycles. The SMILES string of the molecule is CCCN(CCC)S(=O)(=O)c1ccc(C(=O)[O-])cc1.[K+]. The van der Waals surface area contributed by atoms with Crippen LogP contribution in [0.2, 0.25) is 0 Å². The molecule has 0 N–H and O–H groups in total. The number of benzene rings is 1. The maximum atomic E-state index is 12.4. The molecular formula is C13H18KNO4S. The van der Waals surface area contributed by atoms with E-state index >= 15 is 0 Å². The van der Waals surface area contributed by atoms with Gasteiger partial charge in [0, 0.05) is 13.1 Å². The molecule has 1 aromatic rings. The van der Waals surface area contributed by atoms with Crippen molar-refractivity contribution in [2.24, 2.45) is 0 Å². The Morgan fingerprint density at radius 1 is 1.10 bits per heavy atom. The number of nitrogens with zero attached hydrogens (tertiary/aromatic N) is 1. The van der Waals surface area contributed by atoms with E-state index in [2.05, 4.69) is 0 Å². The Labute approximate surface area is 162 Å². The quantitative estimate of drug-likeness (QED) is 0.537. The minimum Gasteiger partial charge on any atom is -0.545 e. The number of carbonyl (C=O) groups is 1. The molecule has 106 valence electrons. The van der Waals surface area contributed by atoms with Gasteiger partial charge in [-0.05, 0) is 30.5 Å². The van der Waals surface area contributed by atoms with E-state index in [4.69, 9.17) is 0 Å². The van der Waals surface area contributed by atoms with Crippen LogP contribution in [0.25, 0.3) is 0 Å². The summed E-state index contributed by atoms with van der Waals surface area (Å²) in [6.07, 6.45) is 1.46. The summed E-state index contributed by atoms with van der Waals surface area (Å²) < 4.78 is 26.1. The second kappa shape index (κ2) is 9.29. The Hall–Kier alpha value is 0.236. The minimum atomic E-state index is -3.55. The average Bonchev–Trinajstić information content (AvgIpc) is 2.38. The fourth-order valence-electron chi connectivity index (χ4n) is 1.76. The Bertz CT molecular complexity index is 522. The van der Waals surface area contributed by atoms with Crippen LogP contribution in [-0.4, -0.2) is 31.8 Å². The van der Waals surface area contributed by atoms with Gasteiger partial charge in [0.1, 0.15) is 0 Å². The first-order valence-electron chi connectivity index (χ1n) is 6.25. The number of hydrogen-bond acceptors (Lipinski definition) is 4. The van der Waals surface area contributed by atoms with E-state index in [1.165, 1.54) is 28.6 Å². The second-order valence-corrected chi connectivity index (χ2v) is 6.15. The molecule has 0 spiro atoms. The third-order valence-electron chi connectivity index (χ3n) is 2.67. The number of sulfonamides is 1. The normalized spacial score (nSPS) is 11.2. The average molecular weight is 323 g/mol. The zero-order chi connectivity index (χ0) is 14.5. The smallest absolute Gasteiger partial charge is 0.545 e. The van der Waals surface area contributed by atoms with Crippen LogP contribution in [0.15, 0.2) is 29.2 Å². The standard InChI is InChI=1S/C13H19NO4S.K/c1-3-9-14(10-4-2)19(17,18)12-7-5-11(6-8-12)13(15)16;/h5-8H,3-4,9-10H2,1-2H3,(H,15,16);/q;+1/p-1. The van der Waals surface area contributed by atoms with Crippen molar-refractivity contribution in [1.82, 2.24) is 4.31 Å². The molecule has 0 aliphatic rings. The summed E-state index contributed by atoms with van der Waals surface area (Å²) in [6, 6.07) is 5.11. The Morgan fingerprint density at radius 2 is 1.55 bits per heavy atom. The van der Waals surface area contributed by atoms with Gasteiger partial charge in [-0.3, -0.25) is 0 Å². The Morgan fingerprint density at radius 3 is 1.90 bits per heavy atom. The fourth-order valence-corrected chi connectivity index (χ4v) is 3.39. The van der Waals surface area contributed by atoms with E-state index in [9.17, 15) is 18.3 Å². The molecule has 7 heteroatoms. The summed E-state index contributed by atoms with van der Waals surface area (Å²) in [5.74, 6) is -1.32. The fraction of sp³-hybridized carbons (Fsp3) is 0.462. The van der Waals surface area contributed by atoms with E-state index in [-0.39, 0.29) is 61.8 Å². The molecule has 1 rings (SSSR count). The summed E-state index contributed by atoms with van der Waals surface area (Å²) in [5, 5.41) is 10.6. The van der Waals surface area contributed by atoms with Crippen LogP contribution in [0.3, 0.4) is 0 Å². The van der Waals surface area contributed by atoms with Gasteiger partial charge in [-0.1, -0.05) is 26.0 Å². The van der Waals surface area contributed by atoms with E-state index in [1.54, 1.807) is 0 Å². The summed E-state index contributed by atoms with van der Waals surface area (Å²) in [5.41, 5.74) is -0.0310. The van der Waals surface area contributed by atoms with Crippen LogP contribution in [0.5, 0.6) is 0 Å². The molecule has 0 aliphatic heterocycles. The van der Waals surface area contributed by atoms with Gasteiger partial charge in [-0.25, -0.2) is 8.42 Å².